The van der Waals surface area contributed by atoms with Crippen molar-refractivity contribution < 1.29 is 0 Å². The van der Waals surface area contributed by atoms with Crippen LogP contribution < -0.4 is 4.90 Å². The first-order valence-electron chi connectivity index (χ1n) is 21.6. The quantitative estimate of drug-likeness (QED) is 0.149. The Morgan fingerprint density at radius 2 is 0.556 bits per heavy atom. The number of hydrogen-bond donors (Lipinski definition) is 0. The molecule has 0 fully saturated rings. The number of aromatic nitrogens is 2. The predicted octanol–water partition coefficient (Wildman–Crippen LogP) is 16.4. The number of benzene rings is 10. The summed E-state index contributed by atoms with van der Waals surface area (Å²) in [6.07, 6.45) is 0. The molecule has 63 heavy (non-hydrogen) atoms. The molecule has 0 aliphatic heterocycles. The summed E-state index contributed by atoms with van der Waals surface area (Å²) in [5, 5.41) is 5.00. The van der Waals surface area contributed by atoms with E-state index in [2.05, 4.69) is 263 Å². The Hall–Kier alpha value is -8.40. The van der Waals surface area contributed by atoms with Gasteiger partial charge in [0.25, 0.3) is 0 Å². The molecule has 0 saturated heterocycles. The molecule has 10 aromatic carbocycles. The first-order chi connectivity index (χ1) is 31.2. The van der Waals surface area contributed by atoms with Gasteiger partial charge >= 0.3 is 0 Å². The summed E-state index contributed by atoms with van der Waals surface area (Å²) in [6.45, 7) is 0. The molecule has 0 bridgehead atoms. The first-order valence-corrected chi connectivity index (χ1v) is 21.6. The van der Waals surface area contributed by atoms with Gasteiger partial charge in [0, 0.05) is 50.0 Å². The van der Waals surface area contributed by atoms with Gasteiger partial charge in [0.1, 0.15) is 0 Å². The fourth-order valence-corrected chi connectivity index (χ4v) is 9.50. The van der Waals surface area contributed by atoms with Crippen LogP contribution in [0.4, 0.5) is 17.1 Å². The summed E-state index contributed by atoms with van der Waals surface area (Å²) in [6, 6.07) is 89.9. The van der Waals surface area contributed by atoms with Gasteiger partial charge in [-0.25, -0.2) is 0 Å². The molecule has 0 spiro atoms. The number of fused-ring (bicyclic) bond motifs is 6. The van der Waals surface area contributed by atoms with Crippen LogP contribution in [0.2, 0.25) is 0 Å². The molecule has 12 rings (SSSR count). The number of hydrogen-bond acceptors (Lipinski definition) is 1. The van der Waals surface area contributed by atoms with Gasteiger partial charge in [-0.2, -0.15) is 0 Å². The zero-order chi connectivity index (χ0) is 41.7. The second-order valence-corrected chi connectivity index (χ2v) is 16.2. The lowest BCUT2D eigenvalue weighted by atomic mass is 10.0. The van der Waals surface area contributed by atoms with E-state index in [1.165, 1.54) is 82.7 Å². The average molecular weight is 804 g/mol. The minimum atomic E-state index is 1.11. The molecule has 0 saturated carbocycles. The standard InChI is InChI=1S/C60H41N3/c1-4-14-42(15-5-1)43-24-32-50(33-25-43)61(48-16-6-2-7-17-48)51-34-26-44(27-35-51)45-28-36-52(37-29-45)63-58-23-13-11-21-54(58)56-41-47(31-39-60(56)63)46-30-38-59-55(40-46)53-20-10-12-22-57(53)62(59)49-18-8-3-9-19-49/h1-41H. The van der Waals surface area contributed by atoms with Crippen molar-refractivity contribution in [1.29, 1.82) is 0 Å². The summed E-state index contributed by atoms with van der Waals surface area (Å²) in [5.41, 5.74) is 17.6. The van der Waals surface area contributed by atoms with E-state index < -0.39 is 0 Å². The lowest BCUT2D eigenvalue weighted by Crippen LogP contribution is -2.09. The first kappa shape index (κ1) is 36.5. The Morgan fingerprint density at radius 1 is 0.222 bits per heavy atom. The molecule has 0 aliphatic carbocycles. The van der Waals surface area contributed by atoms with Crippen molar-refractivity contribution in [3.63, 3.8) is 0 Å². The van der Waals surface area contributed by atoms with Crippen molar-refractivity contribution in [2.75, 3.05) is 4.90 Å². The van der Waals surface area contributed by atoms with E-state index in [-0.39, 0.29) is 0 Å². The van der Waals surface area contributed by atoms with Gasteiger partial charge in [-0.05, 0) is 130 Å². The molecule has 0 radical (unpaired) electrons. The van der Waals surface area contributed by atoms with Crippen molar-refractivity contribution >= 4 is 60.7 Å². The molecule has 2 aromatic heterocycles. The van der Waals surface area contributed by atoms with E-state index >= 15 is 0 Å². The molecule has 12 aromatic rings. The number of rotatable bonds is 8. The number of para-hydroxylation sites is 4. The van der Waals surface area contributed by atoms with Crippen LogP contribution in [0, 0.1) is 0 Å². The molecule has 0 amide bonds. The molecular weight excluding hydrogens is 763 g/mol. The molecule has 3 heteroatoms. The smallest absolute Gasteiger partial charge is 0.0541 e. The molecule has 2 heterocycles. The third-order valence-electron chi connectivity index (χ3n) is 12.5. The van der Waals surface area contributed by atoms with Gasteiger partial charge in [0.2, 0.25) is 0 Å². The Labute approximate surface area is 366 Å². The fraction of sp³-hybridized carbons (Fsp3) is 0. The zero-order valence-corrected chi connectivity index (χ0v) is 34.5. The highest BCUT2D eigenvalue weighted by molar-refractivity contribution is 6.12. The van der Waals surface area contributed by atoms with Gasteiger partial charge in [-0.15, -0.1) is 0 Å². The highest BCUT2D eigenvalue weighted by Gasteiger charge is 2.17. The summed E-state index contributed by atoms with van der Waals surface area (Å²) in [7, 11) is 0. The van der Waals surface area contributed by atoms with Gasteiger partial charge in [-0.1, -0.05) is 152 Å². The predicted molar refractivity (Wildman–Crippen MR) is 266 cm³/mol. The maximum absolute atomic E-state index is 2.40. The second kappa shape index (κ2) is 15.3. The van der Waals surface area contributed by atoms with Crippen LogP contribution in [0.1, 0.15) is 0 Å². The SMILES string of the molecule is c1ccc(-c2ccc(N(c3ccccc3)c3ccc(-c4ccc(-n5c6ccccc6c6cc(-c7ccc8c(c7)c7ccccc7n8-c7ccccc7)ccc65)cc4)cc3)cc2)cc1. The minimum Gasteiger partial charge on any atom is -0.311 e. The minimum absolute atomic E-state index is 1.11. The van der Waals surface area contributed by atoms with E-state index in [1.807, 2.05) is 0 Å². The number of nitrogens with zero attached hydrogens (tertiary/aromatic N) is 3. The van der Waals surface area contributed by atoms with Gasteiger partial charge in [-0.3, -0.25) is 0 Å². The third kappa shape index (κ3) is 6.38. The monoisotopic (exact) mass is 803 g/mol. The van der Waals surface area contributed by atoms with Gasteiger partial charge < -0.3 is 14.0 Å². The van der Waals surface area contributed by atoms with E-state index in [1.54, 1.807) is 0 Å². The molecule has 0 N–H and O–H groups in total. The highest BCUT2D eigenvalue weighted by Crippen LogP contribution is 2.40. The largest absolute Gasteiger partial charge is 0.311 e. The Bertz CT molecular complexity index is 3570. The van der Waals surface area contributed by atoms with Crippen molar-refractivity contribution in [3.8, 4) is 44.8 Å². The maximum atomic E-state index is 2.40. The highest BCUT2D eigenvalue weighted by atomic mass is 15.1. The maximum Gasteiger partial charge on any atom is 0.0541 e. The van der Waals surface area contributed by atoms with Crippen LogP contribution in [-0.4, -0.2) is 9.13 Å². The zero-order valence-electron chi connectivity index (χ0n) is 34.5. The number of anilines is 3. The lowest BCUT2D eigenvalue weighted by Gasteiger charge is -2.26. The molecule has 0 aliphatic rings. The summed E-state index contributed by atoms with van der Waals surface area (Å²) < 4.78 is 4.77. The molecular formula is C60H41N3. The third-order valence-corrected chi connectivity index (χ3v) is 12.5. The summed E-state index contributed by atoms with van der Waals surface area (Å²) in [4.78, 5) is 2.32. The van der Waals surface area contributed by atoms with E-state index in [4.69, 9.17) is 0 Å². The van der Waals surface area contributed by atoms with Crippen molar-refractivity contribution in [1.82, 2.24) is 9.13 Å². The molecule has 296 valence electrons. The summed E-state index contributed by atoms with van der Waals surface area (Å²) >= 11 is 0. The average Bonchev–Trinajstić information content (AvgIpc) is 3.88. The van der Waals surface area contributed by atoms with Crippen LogP contribution in [0.15, 0.2) is 249 Å². The fourth-order valence-electron chi connectivity index (χ4n) is 9.50. The Balaban J connectivity index is 0.871. The normalized spacial score (nSPS) is 11.5. The van der Waals surface area contributed by atoms with Crippen LogP contribution in [0.3, 0.4) is 0 Å². The van der Waals surface area contributed by atoms with Gasteiger partial charge in [0.05, 0.1) is 22.1 Å². The van der Waals surface area contributed by atoms with Crippen LogP contribution in [0.25, 0.3) is 88.4 Å². The van der Waals surface area contributed by atoms with Crippen molar-refractivity contribution in [2.24, 2.45) is 0 Å². The van der Waals surface area contributed by atoms with Crippen LogP contribution in [0.5, 0.6) is 0 Å². The van der Waals surface area contributed by atoms with Crippen molar-refractivity contribution in [2.45, 2.75) is 0 Å². The van der Waals surface area contributed by atoms with E-state index in [0.717, 1.165) is 22.7 Å². The Morgan fingerprint density at radius 3 is 1.05 bits per heavy atom. The Kier molecular flexibility index (Phi) is 8.83. The molecule has 0 unspecified atom stereocenters. The summed E-state index contributed by atoms with van der Waals surface area (Å²) in [5.74, 6) is 0. The molecule has 0 atom stereocenters. The van der Waals surface area contributed by atoms with E-state index in [9.17, 15) is 0 Å². The van der Waals surface area contributed by atoms with Crippen molar-refractivity contribution in [3.05, 3.63) is 249 Å². The molecule has 3 nitrogen and oxygen atoms in total. The lowest BCUT2D eigenvalue weighted by molar-refractivity contribution is 1.18. The van der Waals surface area contributed by atoms with Crippen LogP contribution in [-0.2, 0) is 0 Å². The van der Waals surface area contributed by atoms with Crippen LogP contribution >= 0.6 is 0 Å². The van der Waals surface area contributed by atoms with E-state index in [0.29, 0.717) is 0 Å². The van der Waals surface area contributed by atoms with Gasteiger partial charge in [0.15, 0.2) is 0 Å². The second-order valence-electron chi connectivity index (χ2n) is 16.2. The topological polar surface area (TPSA) is 13.1 Å².